The summed E-state index contributed by atoms with van der Waals surface area (Å²) in [6, 6.07) is 19.6. The zero-order valence-electron chi connectivity index (χ0n) is 21.6. The van der Waals surface area contributed by atoms with Gasteiger partial charge in [0.15, 0.2) is 0 Å². The molecule has 196 valence electrons. The van der Waals surface area contributed by atoms with Crippen LogP contribution in [-0.2, 0) is 9.53 Å². The number of nitrogens with zero attached hydrogens (tertiary/aromatic N) is 1. The normalized spacial score (nSPS) is 30.9. The van der Waals surface area contributed by atoms with Crippen LogP contribution in [0.15, 0.2) is 60.7 Å². The molecule has 6 atom stereocenters. The van der Waals surface area contributed by atoms with E-state index in [-0.39, 0.29) is 37.4 Å². The van der Waals surface area contributed by atoms with Crippen LogP contribution in [0.2, 0.25) is 0 Å². The molecule has 2 heterocycles. The van der Waals surface area contributed by atoms with Gasteiger partial charge in [-0.1, -0.05) is 48.5 Å². The fraction of sp³-hybridized carbons (Fsp3) is 0.552. The highest BCUT2D eigenvalue weighted by molar-refractivity contribution is 5.76. The van der Waals surface area contributed by atoms with Gasteiger partial charge in [-0.15, -0.1) is 0 Å². The minimum atomic E-state index is -0.907. The van der Waals surface area contributed by atoms with Gasteiger partial charge in [0.1, 0.15) is 11.9 Å². The van der Waals surface area contributed by atoms with E-state index in [9.17, 15) is 15.0 Å². The van der Waals surface area contributed by atoms with Crippen molar-refractivity contribution in [2.24, 2.45) is 0 Å². The maximum atomic E-state index is 12.5. The van der Waals surface area contributed by atoms with Crippen LogP contribution in [0.5, 0.6) is 5.75 Å². The van der Waals surface area contributed by atoms with Gasteiger partial charge in [0, 0.05) is 12.6 Å². The smallest absolute Gasteiger partial charge is 0.223 e. The molecule has 3 N–H and O–H groups in total. The Morgan fingerprint density at radius 2 is 1.81 bits per heavy atom. The van der Waals surface area contributed by atoms with Crippen LogP contribution < -0.4 is 10.1 Å². The Hall–Kier alpha value is -2.45. The Labute approximate surface area is 214 Å². The highest BCUT2D eigenvalue weighted by atomic mass is 16.6. The van der Waals surface area contributed by atoms with E-state index < -0.39 is 23.4 Å². The maximum Gasteiger partial charge on any atom is 0.223 e. The van der Waals surface area contributed by atoms with Crippen molar-refractivity contribution in [2.45, 2.75) is 74.4 Å². The zero-order chi connectivity index (χ0) is 25.8. The summed E-state index contributed by atoms with van der Waals surface area (Å²) in [5.41, 5.74) is -0.507. The molecule has 0 saturated carbocycles. The molecule has 2 aromatic rings. The molecular weight excluding hydrogens is 456 g/mol. The van der Waals surface area contributed by atoms with Gasteiger partial charge in [-0.3, -0.25) is 4.79 Å². The number of fused-ring (bicyclic) bond motifs is 2. The van der Waals surface area contributed by atoms with Gasteiger partial charge in [-0.05, 0) is 70.3 Å². The predicted molar refractivity (Wildman–Crippen MR) is 139 cm³/mol. The molecule has 2 aliphatic heterocycles. The van der Waals surface area contributed by atoms with E-state index in [1.54, 1.807) is 0 Å². The van der Waals surface area contributed by atoms with E-state index in [0.29, 0.717) is 25.7 Å². The zero-order valence-corrected chi connectivity index (χ0v) is 21.6. The average Bonchev–Trinajstić information content (AvgIpc) is 2.95. The van der Waals surface area contributed by atoms with Crippen molar-refractivity contribution in [3.63, 3.8) is 0 Å². The number of carbonyl (C=O) groups excluding carboxylic acids is 1. The molecule has 2 aromatic carbocycles. The summed E-state index contributed by atoms with van der Waals surface area (Å²) in [6.07, 6.45) is 1.18. The Morgan fingerprint density at radius 3 is 2.47 bits per heavy atom. The lowest BCUT2D eigenvalue weighted by molar-refractivity contribution is -0.250. The highest BCUT2D eigenvalue weighted by Crippen LogP contribution is 2.51. The Bertz CT molecular complexity index is 988. The monoisotopic (exact) mass is 496 g/mol. The lowest BCUT2D eigenvalue weighted by Gasteiger charge is -2.52. The highest BCUT2D eigenvalue weighted by Gasteiger charge is 2.57. The van der Waals surface area contributed by atoms with E-state index >= 15 is 0 Å². The first kappa shape index (κ1) is 26.6. The molecular formula is C29H40N2O5. The van der Waals surface area contributed by atoms with Gasteiger partial charge in [-0.2, -0.15) is 0 Å². The van der Waals surface area contributed by atoms with Crippen molar-refractivity contribution in [1.29, 1.82) is 0 Å². The number of benzene rings is 2. The van der Waals surface area contributed by atoms with Crippen molar-refractivity contribution in [3.8, 4) is 5.75 Å². The largest absolute Gasteiger partial charge is 0.493 e. The molecule has 0 radical (unpaired) electrons. The fourth-order valence-electron chi connectivity index (χ4n) is 5.95. The molecule has 0 spiro atoms. The van der Waals surface area contributed by atoms with Gasteiger partial charge in [0.25, 0.3) is 0 Å². The Balaban J connectivity index is 1.46. The van der Waals surface area contributed by atoms with E-state index in [4.69, 9.17) is 9.47 Å². The number of para-hydroxylation sites is 1. The van der Waals surface area contributed by atoms with Crippen molar-refractivity contribution in [3.05, 3.63) is 66.2 Å². The number of carbonyl (C=O) groups is 1. The second-order valence-electron chi connectivity index (χ2n) is 10.7. The molecule has 2 fully saturated rings. The predicted octanol–water partition coefficient (Wildman–Crippen LogP) is 3.11. The summed E-state index contributed by atoms with van der Waals surface area (Å²) < 4.78 is 12.3. The minimum absolute atomic E-state index is 0.0803. The molecule has 0 aliphatic carbocycles. The lowest BCUT2D eigenvalue weighted by Crippen LogP contribution is -2.61. The number of aliphatic hydroxyl groups excluding tert-OH is 2. The van der Waals surface area contributed by atoms with E-state index in [1.807, 2.05) is 74.4 Å². The summed E-state index contributed by atoms with van der Waals surface area (Å²) >= 11 is 0. The van der Waals surface area contributed by atoms with Gasteiger partial charge < -0.3 is 29.9 Å². The lowest BCUT2D eigenvalue weighted by atomic mass is 9.72. The SMILES string of the molecule is CN(C)[C@@H]1CC[C@@]2([C@H](O)CNC(=O)CCOc3ccccc3)C[C@H](c3ccccc3)C[C@](C)(O2)[C@H]1O. The third kappa shape index (κ3) is 5.92. The summed E-state index contributed by atoms with van der Waals surface area (Å²) in [6.45, 7) is 2.32. The molecule has 7 heteroatoms. The summed E-state index contributed by atoms with van der Waals surface area (Å²) in [5.74, 6) is 0.669. The molecule has 7 nitrogen and oxygen atoms in total. The van der Waals surface area contributed by atoms with Crippen LogP contribution in [0.4, 0.5) is 0 Å². The number of hydrogen-bond acceptors (Lipinski definition) is 6. The van der Waals surface area contributed by atoms with Crippen LogP contribution in [0.1, 0.15) is 50.5 Å². The number of ether oxygens (including phenoxy) is 2. The van der Waals surface area contributed by atoms with Crippen LogP contribution in [-0.4, -0.2) is 77.7 Å². The number of hydrogen-bond donors (Lipinski definition) is 3. The molecule has 36 heavy (non-hydrogen) atoms. The van der Waals surface area contributed by atoms with Gasteiger partial charge in [0.2, 0.25) is 5.91 Å². The Morgan fingerprint density at radius 1 is 1.14 bits per heavy atom. The number of nitrogens with one attached hydrogen (secondary N) is 1. The first-order valence-electron chi connectivity index (χ1n) is 12.9. The first-order chi connectivity index (χ1) is 17.2. The van der Waals surface area contributed by atoms with Crippen molar-refractivity contribution in [1.82, 2.24) is 10.2 Å². The molecule has 0 aromatic heterocycles. The Kier molecular flexibility index (Phi) is 8.35. The molecule has 2 bridgehead atoms. The fourth-order valence-corrected chi connectivity index (χ4v) is 5.95. The summed E-state index contributed by atoms with van der Waals surface area (Å²) in [4.78, 5) is 14.6. The second-order valence-corrected chi connectivity index (χ2v) is 10.7. The van der Waals surface area contributed by atoms with Gasteiger partial charge in [0.05, 0.1) is 30.3 Å². The van der Waals surface area contributed by atoms with E-state index in [1.165, 1.54) is 5.56 Å². The first-order valence-corrected chi connectivity index (χ1v) is 12.9. The molecule has 1 amide bonds. The van der Waals surface area contributed by atoms with Crippen molar-refractivity contribution >= 4 is 5.91 Å². The quantitative estimate of drug-likeness (QED) is 0.494. The number of aliphatic hydroxyl groups is 2. The van der Waals surface area contributed by atoms with E-state index in [0.717, 1.165) is 5.75 Å². The third-order valence-corrected chi connectivity index (χ3v) is 7.91. The van der Waals surface area contributed by atoms with E-state index in [2.05, 4.69) is 17.4 Å². The minimum Gasteiger partial charge on any atom is -0.493 e. The van der Waals surface area contributed by atoms with Crippen LogP contribution >= 0.6 is 0 Å². The van der Waals surface area contributed by atoms with Gasteiger partial charge >= 0.3 is 0 Å². The van der Waals surface area contributed by atoms with Crippen LogP contribution in [0.3, 0.4) is 0 Å². The topological polar surface area (TPSA) is 91.3 Å². The number of likely N-dealkylation sites (N-methyl/N-ethyl adjacent to an activating group) is 1. The maximum absolute atomic E-state index is 12.5. The summed E-state index contributed by atoms with van der Waals surface area (Å²) in [7, 11) is 3.95. The molecule has 2 aliphatic rings. The van der Waals surface area contributed by atoms with Crippen molar-refractivity contribution in [2.75, 3.05) is 27.2 Å². The van der Waals surface area contributed by atoms with Crippen molar-refractivity contribution < 1.29 is 24.5 Å². The van der Waals surface area contributed by atoms with Crippen LogP contribution in [0, 0.1) is 0 Å². The average molecular weight is 497 g/mol. The number of rotatable bonds is 9. The molecule has 4 rings (SSSR count). The number of amides is 1. The molecule has 0 unspecified atom stereocenters. The summed E-state index contributed by atoms with van der Waals surface area (Å²) in [5, 5.41) is 25.8. The standard InChI is InChI=1S/C29H40N2O5/c1-28-18-22(21-10-6-4-7-11-21)19-29(36-28,16-14-24(27(28)34)31(2)3)25(32)20-30-26(33)15-17-35-23-12-8-5-9-13-23/h4-13,22,24-25,27,32,34H,14-20H2,1-3H3,(H,30,33)/t22-,24-,25-,27+,28+,29+/m1/s1. The second kappa shape index (κ2) is 11.3. The molecule has 2 saturated heterocycles. The van der Waals surface area contributed by atoms with Gasteiger partial charge in [-0.25, -0.2) is 0 Å². The third-order valence-electron chi connectivity index (χ3n) is 7.91. The van der Waals surface area contributed by atoms with Crippen LogP contribution in [0.25, 0.3) is 0 Å².